The van der Waals surface area contributed by atoms with Crippen LogP contribution in [0.4, 0.5) is 0 Å². The number of hydrogen-bond acceptors (Lipinski definition) is 5. The molecule has 0 N–H and O–H groups in total. The van der Waals surface area contributed by atoms with Gasteiger partial charge in [-0.15, -0.1) is 0 Å². The van der Waals surface area contributed by atoms with Gasteiger partial charge in [0.25, 0.3) is 0 Å². The Hall–Kier alpha value is 0.0700. The highest BCUT2D eigenvalue weighted by Crippen LogP contribution is 2.20. The van der Waals surface area contributed by atoms with Crippen LogP contribution in [-0.2, 0) is 23.1 Å². The highest BCUT2D eigenvalue weighted by atomic mass is 31.1. The monoisotopic (exact) mass is 198 g/mol. The zero-order chi connectivity index (χ0) is 9.23. The van der Waals surface area contributed by atoms with Gasteiger partial charge in [0.1, 0.15) is 0 Å². The lowest BCUT2D eigenvalue weighted by Crippen LogP contribution is -2.06. The van der Waals surface area contributed by atoms with Gasteiger partial charge in [0.2, 0.25) is 0 Å². The topological polar surface area (TPSA) is 54.0 Å². The lowest BCUT2D eigenvalue weighted by atomic mass is 10.7. The first-order valence-corrected chi connectivity index (χ1v) is 4.81. The van der Waals surface area contributed by atoms with Crippen LogP contribution in [0.2, 0.25) is 0 Å². The fourth-order valence-electron chi connectivity index (χ4n) is 0.487. The molecule has 0 radical (unpaired) electrons. The van der Waals surface area contributed by atoms with E-state index in [-0.39, 0.29) is 6.61 Å². The summed E-state index contributed by atoms with van der Waals surface area (Å²) in [6.07, 6.45) is 0. The fraction of sp³-hybridized carbons (Fsp3) is 1.00. The molecule has 0 aliphatic heterocycles. The molecule has 0 rings (SSSR count). The third-order valence-electron chi connectivity index (χ3n) is 1.05. The van der Waals surface area contributed by atoms with Crippen LogP contribution in [0.15, 0.2) is 0 Å². The van der Waals surface area contributed by atoms with Gasteiger partial charge < -0.3 is 18.5 Å². The van der Waals surface area contributed by atoms with Gasteiger partial charge in [-0.1, -0.05) is 0 Å². The summed E-state index contributed by atoms with van der Waals surface area (Å²) in [5.74, 6) is 0. The van der Waals surface area contributed by atoms with Crippen molar-refractivity contribution in [1.29, 1.82) is 0 Å². The molecule has 0 amide bonds. The van der Waals surface area contributed by atoms with E-state index in [4.69, 9.17) is 14.0 Å². The van der Waals surface area contributed by atoms with E-state index in [9.17, 15) is 4.57 Å². The molecule has 0 bridgehead atoms. The summed E-state index contributed by atoms with van der Waals surface area (Å²) in [4.78, 5) is 0. The minimum atomic E-state index is -2.28. The first-order chi connectivity index (χ1) is 5.81. The van der Waals surface area contributed by atoms with E-state index >= 15 is 0 Å². The third-order valence-corrected chi connectivity index (χ3v) is 1.82. The average molecular weight is 198 g/mol. The first kappa shape index (κ1) is 12.1. The van der Waals surface area contributed by atoms with Gasteiger partial charge in [0, 0.05) is 14.2 Å². The zero-order valence-electron chi connectivity index (χ0n) is 7.37. The predicted molar refractivity (Wildman–Crippen MR) is 44.7 cm³/mol. The van der Waals surface area contributed by atoms with E-state index in [0.717, 1.165) is 0 Å². The van der Waals surface area contributed by atoms with Gasteiger partial charge in [-0.05, 0) is 0 Å². The van der Waals surface area contributed by atoms with Crippen LogP contribution in [0.5, 0.6) is 0 Å². The molecule has 74 valence electrons. The van der Waals surface area contributed by atoms with E-state index in [1.165, 1.54) is 7.11 Å². The quantitative estimate of drug-likeness (QED) is 0.424. The predicted octanol–water partition coefficient (Wildman–Crippen LogP) is 0.702. The van der Waals surface area contributed by atoms with E-state index in [1.54, 1.807) is 7.11 Å². The molecule has 5 nitrogen and oxygen atoms in total. The number of ether oxygens (including phenoxy) is 2. The highest BCUT2D eigenvalue weighted by molar-refractivity contribution is 7.33. The van der Waals surface area contributed by atoms with Gasteiger partial charge in [-0.3, -0.25) is 4.57 Å². The maximum absolute atomic E-state index is 10.6. The molecule has 0 saturated carbocycles. The van der Waals surface area contributed by atoms with Crippen molar-refractivity contribution in [2.75, 3.05) is 40.6 Å². The van der Waals surface area contributed by atoms with Crippen molar-refractivity contribution >= 4 is 8.25 Å². The first-order valence-electron chi connectivity index (χ1n) is 3.58. The molecule has 6 heteroatoms. The van der Waals surface area contributed by atoms with Crippen molar-refractivity contribution in [2.45, 2.75) is 0 Å². The van der Waals surface area contributed by atoms with Crippen molar-refractivity contribution in [3.63, 3.8) is 0 Å². The Balaban J connectivity index is 2.95. The summed E-state index contributed by atoms with van der Waals surface area (Å²) < 4.78 is 29.5. The second-order valence-electron chi connectivity index (χ2n) is 1.91. The number of rotatable bonds is 8. The minimum absolute atomic E-state index is 0.287. The zero-order valence-corrected chi connectivity index (χ0v) is 8.37. The molecule has 1 atom stereocenters. The lowest BCUT2D eigenvalue weighted by molar-refractivity contribution is 0.0532. The van der Waals surface area contributed by atoms with Gasteiger partial charge in [0.05, 0.1) is 26.4 Å². The number of methoxy groups -OCH3 is 1. The van der Waals surface area contributed by atoms with Gasteiger partial charge in [-0.25, -0.2) is 0 Å². The summed E-state index contributed by atoms with van der Waals surface area (Å²) in [5.41, 5.74) is 0. The molecule has 0 fully saturated rings. The van der Waals surface area contributed by atoms with E-state index in [2.05, 4.69) is 4.52 Å². The largest absolute Gasteiger partial charge is 0.382 e. The van der Waals surface area contributed by atoms with Crippen LogP contribution in [0.3, 0.4) is 0 Å². The minimum Gasteiger partial charge on any atom is -0.382 e. The van der Waals surface area contributed by atoms with Crippen molar-refractivity contribution < 1.29 is 23.1 Å². The Morgan fingerprint density at radius 1 is 1.08 bits per heavy atom. The van der Waals surface area contributed by atoms with Crippen molar-refractivity contribution in [3.8, 4) is 0 Å². The number of hydrogen-bond donors (Lipinski definition) is 0. The molecule has 0 heterocycles. The third kappa shape index (κ3) is 8.17. The van der Waals surface area contributed by atoms with E-state index in [0.29, 0.717) is 19.8 Å². The maximum atomic E-state index is 10.6. The van der Waals surface area contributed by atoms with Gasteiger partial charge >= 0.3 is 8.25 Å². The van der Waals surface area contributed by atoms with Crippen LogP contribution < -0.4 is 0 Å². The summed E-state index contributed by atoms with van der Waals surface area (Å²) in [6.45, 7) is 1.77. The standard InChI is InChI=1S/C6H15O5P/c1-8-3-4-10-5-6-11-12(7)9-2/h12H,3-6H2,1-2H3. The Bertz CT molecular complexity index is 119. The van der Waals surface area contributed by atoms with Crippen LogP contribution in [0, 0.1) is 0 Å². The molecule has 1 unspecified atom stereocenters. The molecule has 0 aromatic rings. The Kier molecular flexibility index (Phi) is 9.21. The van der Waals surface area contributed by atoms with Crippen molar-refractivity contribution in [1.82, 2.24) is 0 Å². The summed E-state index contributed by atoms with van der Waals surface area (Å²) >= 11 is 0. The molecular weight excluding hydrogens is 183 g/mol. The summed E-state index contributed by atoms with van der Waals surface area (Å²) in [5, 5.41) is 0. The molecule has 0 spiro atoms. The van der Waals surface area contributed by atoms with Gasteiger partial charge in [-0.2, -0.15) is 0 Å². The molecule has 0 aliphatic rings. The molecule has 12 heavy (non-hydrogen) atoms. The second kappa shape index (κ2) is 9.16. The Morgan fingerprint density at radius 2 is 1.75 bits per heavy atom. The molecule has 0 saturated heterocycles. The average Bonchev–Trinajstić information content (AvgIpc) is 2.10. The van der Waals surface area contributed by atoms with Crippen LogP contribution in [0.25, 0.3) is 0 Å². The fourth-order valence-corrected chi connectivity index (χ4v) is 0.855. The molecule has 0 aromatic heterocycles. The molecular formula is C6H15O5P. The second-order valence-corrected chi connectivity index (χ2v) is 3.10. The normalized spacial score (nSPS) is 13.2. The Morgan fingerprint density at radius 3 is 2.33 bits per heavy atom. The molecule has 0 aromatic carbocycles. The van der Waals surface area contributed by atoms with Crippen molar-refractivity contribution in [2.24, 2.45) is 0 Å². The lowest BCUT2D eigenvalue weighted by Gasteiger charge is -2.03. The van der Waals surface area contributed by atoms with E-state index < -0.39 is 8.25 Å². The smallest absolute Gasteiger partial charge is 0.318 e. The SMILES string of the molecule is COCCOCCO[PH](=O)OC. The van der Waals surface area contributed by atoms with Crippen LogP contribution in [-0.4, -0.2) is 40.6 Å². The summed E-state index contributed by atoms with van der Waals surface area (Å²) in [7, 11) is 0.658. The van der Waals surface area contributed by atoms with Crippen molar-refractivity contribution in [3.05, 3.63) is 0 Å². The van der Waals surface area contributed by atoms with E-state index in [1.807, 2.05) is 0 Å². The van der Waals surface area contributed by atoms with Gasteiger partial charge in [0.15, 0.2) is 0 Å². The highest BCUT2D eigenvalue weighted by Gasteiger charge is 1.94. The summed E-state index contributed by atoms with van der Waals surface area (Å²) in [6, 6.07) is 0. The van der Waals surface area contributed by atoms with Crippen LogP contribution >= 0.6 is 8.25 Å². The van der Waals surface area contributed by atoms with Crippen LogP contribution in [0.1, 0.15) is 0 Å². The maximum Gasteiger partial charge on any atom is 0.318 e. The molecule has 0 aliphatic carbocycles. The Labute approximate surface area is 72.9 Å².